The largest absolute Gasteiger partial charge is 0.477 e. The van der Waals surface area contributed by atoms with E-state index in [0.717, 1.165) is 6.04 Å². The first-order valence-corrected chi connectivity index (χ1v) is 3.80. The van der Waals surface area contributed by atoms with Crippen LogP contribution >= 0.6 is 0 Å². The van der Waals surface area contributed by atoms with Crippen LogP contribution in [0.25, 0.3) is 0 Å². The molecule has 1 aliphatic heterocycles. The predicted molar refractivity (Wildman–Crippen MR) is 44.6 cm³/mol. The van der Waals surface area contributed by atoms with E-state index in [4.69, 9.17) is 10.3 Å². The van der Waals surface area contributed by atoms with Crippen LogP contribution in [0.3, 0.4) is 0 Å². The van der Waals surface area contributed by atoms with E-state index in [0.29, 0.717) is 6.21 Å². The van der Waals surface area contributed by atoms with Gasteiger partial charge in [0.25, 0.3) is 0 Å². The van der Waals surface area contributed by atoms with Gasteiger partial charge >= 0.3 is 5.97 Å². The third-order valence-corrected chi connectivity index (χ3v) is 1.47. The Bertz CT molecular complexity index is 153. The molecular formula is C7H14N2O3. The highest BCUT2D eigenvalue weighted by Gasteiger charge is 2.05. The standard InChI is InChI=1S/C5H11N.C2H3NO3/c1-5-3-2-4-6-5;4-2(5)1-3-6/h5-6H,2-4H2,1H3;1,6H,(H,4,5)/b;3-1+/t5-;/m1./s1. The van der Waals surface area contributed by atoms with Gasteiger partial charge in [-0.15, -0.1) is 0 Å². The Morgan fingerprint density at radius 2 is 2.42 bits per heavy atom. The summed E-state index contributed by atoms with van der Waals surface area (Å²) in [6.45, 7) is 3.47. The van der Waals surface area contributed by atoms with Crippen LogP contribution in [-0.4, -0.2) is 35.1 Å². The minimum absolute atomic E-state index is 0.389. The number of rotatable bonds is 1. The van der Waals surface area contributed by atoms with Crippen LogP contribution in [0.15, 0.2) is 5.16 Å². The number of carboxylic acid groups (broad SMARTS) is 1. The number of carbonyl (C=O) groups is 1. The Morgan fingerprint density at radius 1 is 1.75 bits per heavy atom. The molecule has 12 heavy (non-hydrogen) atoms. The van der Waals surface area contributed by atoms with Crippen LogP contribution in [0.2, 0.25) is 0 Å². The van der Waals surface area contributed by atoms with Crippen molar-refractivity contribution >= 4 is 12.2 Å². The van der Waals surface area contributed by atoms with Crippen molar-refractivity contribution in [1.82, 2.24) is 5.32 Å². The second-order valence-corrected chi connectivity index (χ2v) is 2.58. The van der Waals surface area contributed by atoms with E-state index in [-0.39, 0.29) is 0 Å². The molecule has 0 aromatic carbocycles. The highest BCUT2D eigenvalue weighted by Crippen LogP contribution is 2.01. The summed E-state index contributed by atoms with van der Waals surface area (Å²) in [5.74, 6) is -1.25. The molecule has 70 valence electrons. The van der Waals surface area contributed by atoms with E-state index in [1.165, 1.54) is 19.4 Å². The van der Waals surface area contributed by atoms with E-state index in [2.05, 4.69) is 17.4 Å². The second-order valence-electron chi connectivity index (χ2n) is 2.58. The van der Waals surface area contributed by atoms with E-state index >= 15 is 0 Å². The van der Waals surface area contributed by atoms with Gasteiger partial charge in [-0.2, -0.15) is 0 Å². The number of hydrogen-bond acceptors (Lipinski definition) is 4. The van der Waals surface area contributed by atoms with Gasteiger partial charge in [0.05, 0.1) is 0 Å². The quantitative estimate of drug-likeness (QED) is 0.303. The molecule has 5 nitrogen and oxygen atoms in total. The first kappa shape index (κ1) is 10.9. The summed E-state index contributed by atoms with van der Waals surface area (Å²) in [5.41, 5.74) is 0. The monoisotopic (exact) mass is 174 g/mol. The minimum Gasteiger partial charge on any atom is -0.477 e. The Labute approximate surface area is 71.1 Å². The zero-order valence-corrected chi connectivity index (χ0v) is 7.03. The first-order valence-electron chi connectivity index (χ1n) is 3.80. The van der Waals surface area contributed by atoms with Gasteiger partial charge in [-0.1, -0.05) is 5.16 Å². The zero-order valence-electron chi connectivity index (χ0n) is 7.03. The first-order chi connectivity index (χ1) is 5.66. The summed E-state index contributed by atoms with van der Waals surface area (Å²) in [4.78, 5) is 9.29. The number of oxime groups is 1. The maximum absolute atomic E-state index is 9.29. The van der Waals surface area contributed by atoms with Crippen LogP contribution in [0.1, 0.15) is 19.8 Å². The fourth-order valence-corrected chi connectivity index (χ4v) is 0.908. The summed E-state index contributed by atoms with van der Waals surface area (Å²) < 4.78 is 0. The van der Waals surface area contributed by atoms with Gasteiger partial charge in [0.1, 0.15) is 0 Å². The van der Waals surface area contributed by atoms with E-state index in [9.17, 15) is 4.79 Å². The topological polar surface area (TPSA) is 81.9 Å². The number of aliphatic carboxylic acids is 1. The van der Waals surface area contributed by atoms with Crippen molar-refractivity contribution in [2.75, 3.05) is 6.54 Å². The normalized spacial score (nSPS) is 21.9. The summed E-state index contributed by atoms with van der Waals surface area (Å²) >= 11 is 0. The molecule has 1 rings (SSSR count). The number of nitrogens with one attached hydrogen (secondary N) is 1. The van der Waals surface area contributed by atoms with Crippen LogP contribution in [0.5, 0.6) is 0 Å². The van der Waals surface area contributed by atoms with Crippen molar-refractivity contribution in [3.8, 4) is 0 Å². The van der Waals surface area contributed by atoms with Gasteiger partial charge in [0.15, 0.2) is 6.21 Å². The van der Waals surface area contributed by atoms with Crippen LogP contribution in [0.4, 0.5) is 0 Å². The van der Waals surface area contributed by atoms with Crippen molar-refractivity contribution in [2.24, 2.45) is 5.16 Å². The molecule has 5 heteroatoms. The van der Waals surface area contributed by atoms with Gasteiger partial charge in [0, 0.05) is 6.04 Å². The van der Waals surface area contributed by atoms with Gasteiger partial charge < -0.3 is 15.6 Å². The highest BCUT2D eigenvalue weighted by molar-refractivity contribution is 6.21. The fraction of sp³-hybridized carbons (Fsp3) is 0.714. The van der Waals surface area contributed by atoms with Crippen LogP contribution < -0.4 is 5.32 Å². The van der Waals surface area contributed by atoms with Crippen molar-refractivity contribution in [1.29, 1.82) is 0 Å². The zero-order chi connectivity index (χ0) is 9.40. The molecule has 0 amide bonds. The van der Waals surface area contributed by atoms with E-state index in [1.807, 2.05) is 0 Å². The molecule has 0 aliphatic carbocycles. The molecular weight excluding hydrogens is 160 g/mol. The molecule has 1 saturated heterocycles. The Balaban J connectivity index is 0.000000202. The number of nitrogens with zero attached hydrogens (tertiary/aromatic N) is 1. The molecule has 0 bridgehead atoms. The number of hydrogen-bond donors (Lipinski definition) is 3. The maximum Gasteiger partial charge on any atom is 0.350 e. The molecule has 0 unspecified atom stereocenters. The van der Waals surface area contributed by atoms with Crippen molar-refractivity contribution in [3.63, 3.8) is 0 Å². The van der Waals surface area contributed by atoms with Crippen molar-refractivity contribution in [3.05, 3.63) is 0 Å². The fourth-order valence-electron chi connectivity index (χ4n) is 0.908. The number of carboxylic acids is 1. The van der Waals surface area contributed by atoms with Gasteiger partial charge in [-0.05, 0) is 26.3 Å². The minimum atomic E-state index is -1.25. The lowest BCUT2D eigenvalue weighted by atomic mass is 10.3. The smallest absolute Gasteiger partial charge is 0.350 e. The average molecular weight is 174 g/mol. The lowest BCUT2D eigenvalue weighted by Gasteiger charge is -1.95. The van der Waals surface area contributed by atoms with Gasteiger partial charge in [-0.25, -0.2) is 4.79 Å². The SMILES string of the molecule is C[C@@H]1CCCN1.O=C(O)/C=N/O. The summed E-state index contributed by atoms with van der Waals surface area (Å²) in [7, 11) is 0. The van der Waals surface area contributed by atoms with E-state index < -0.39 is 5.97 Å². The molecule has 0 aromatic heterocycles. The van der Waals surface area contributed by atoms with Gasteiger partial charge in [0.2, 0.25) is 0 Å². The maximum atomic E-state index is 9.29. The third kappa shape index (κ3) is 7.01. The summed E-state index contributed by atoms with van der Waals surface area (Å²) in [6.07, 6.45) is 3.14. The molecule has 0 aromatic rings. The average Bonchev–Trinajstić information content (AvgIpc) is 2.40. The third-order valence-electron chi connectivity index (χ3n) is 1.47. The predicted octanol–water partition coefficient (Wildman–Crippen LogP) is 0.289. The lowest BCUT2D eigenvalue weighted by molar-refractivity contribution is -0.128. The van der Waals surface area contributed by atoms with Crippen LogP contribution in [0, 0.1) is 0 Å². The molecule has 3 N–H and O–H groups in total. The lowest BCUT2D eigenvalue weighted by Crippen LogP contribution is -2.16. The Morgan fingerprint density at radius 3 is 2.50 bits per heavy atom. The molecule has 1 heterocycles. The Kier molecular flexibility index (Phi) is 6.00. The van der Waals surface area contributed by atoms with Crippen LogP contribution in [-0.2, 0) is 4.79 Å². The van der Waals surface area contributed by atoms with Gasteiger partial charge in [-0.3, -0.25) is 0 Å². The molecule has 0 spiro atoms. The van der Waals surface area contributed by atoms with Crippen molar-refractivity contribution < 1.29 is 15.1 Å². The Hall–Kier alpha value is -1.10. The van der Waals surface area contributed by atoms with Crippen molar-refractivity contribution in [2.45, 2.75) is 25.8 Å². The molecule has 1 fully saturated rings. The van der Waals surface area contributed by atoms with E-state index in [1.54, 1.807) is 0 Å². The summed E-state index contributed by atoms with van der Waals surface area (Å²) in [5, 5.41) is 20.6. The molecule has 1 aliphatic rings. The highest BCUT2D eigenvalue weighted by atomic mass is 16.4. The molecule has 0 radical (unpaired) electrons. The molecule has 1 atom stereocenters. The second kappa shape index (κ2) is 6.60. The summed E-state index contributed by atoms with van der Waals surface area (Å²) in [6, 6.07) is 0.796. The molecule has 0 saturated carbocycles.